The van der Waals surface area contributed by atoms with Crippen molar-refractivity contribution in [1.82, 2.24) is 9.88 Å². The smallest absolute Gasteiger partial charge is 0.408 e. The van der Waals surface area contributed by atoms with Gasteiger partial charge in [-0.15, -0.1) is 0 Å². The van der Waals surface area contributed by atoms with Crippen molar-refractivity contribution in [2.75, 3.05) is 0 Å². The molecule has 6 heteroatoms. The summed E-state index contributed by atoms with van der Waals surface area (Å²) in [6.45, 7) is 2.21. The van der Waals surface area contributed by atoms with Crippen molar-refractivity contribution >= 4 is 32.9 Å². The number of halogens is 1. The van der Waals surface area contributed by atoms with Crippen LogP contribution in [0.15, 0.2) is 62.2 Å². The number of rotatable bonds is 5. The van der Waals surface area contributed by atoms with Crippen molar-refractivity contribution in [2.45, 2.75) is 25.9 Å². The van der Waals surface area contributed by atoms with Gasteiger partial charge in [-0.3, -0.25) is 9.36 Å². The van der Waals surface area contributed by atoms with Gasteiger partial charge in [-0.25, -0.2) is 4.79 Å². The highest BCUT2D eigenvalue weighted by atomic mass is 79.9. The van der Waals surface area contributed by atoms with E-state index in [1.807, 2.05) is 49.4 Å². The van der Waals surface area contributed by atoms with Crippen LogP contribution in [0.3, 0.4) is 0 Å². The summed E-state index contributed by atoms with van der Waals surface area (Å²) >= 11 is 3.48. The molecule has 1 N–H and O–H groups in total. The van der Waals surface area contributed by atoms with Crippen LogP contribution in [0.25, 0.3) is 11.1 Å². The molecule has 0 bridgehead atoms. The van der Waals surface area contributed by atoms with Gasteiger partial charge >= 0.3 is 5.76 Å². The van der Waals surface area contributed by atoms with Gasteiger partial charge in [-0.05, 0) is 30.7 Å². The number of nitrogens with one attached hydrogen (secondary N) is 1. The van der Waals surface area contributed by atoms with Gasteiger partial charge in [0.1, 0.15) is 0 Å². The summed E-state index contributed by atoms with van der Waals surface area (Å²) in [5.74, 6) is -0.557. The first-order valence-corrected chi connectivity index (χ1v) is 8.47. The van der Waals surface area contributed by atoms with E-state index in [1.54, 1.807) is 6.07 Å². The Hall–Kier alpha value is -2.34. The van der Waals surface area contributed by atoms with Gasteiger partial charge in [-0.1, -0.05) is 46.3 Å². The van der Waals surface area contributed by atoms with E-state index >= 15 is 0 Å². The molecule has 124 valence electrons. The Labute approximate surface area is 147 Å². The van der Waals surface area contributed by atoms with E-state index in [-0.39, 0.29) is 24.9 Å². The number of oxazole rings is 1. The fourth-order valence-electron chi connectivity index (χ4n) is 2.66. The molecule has 3 rings (SSSR count). The highest BCUT2D eigenvalue weighted by Gasteiger charge is 2.14. The number of para-hydroxylation sites is 2. The van der Waals surface area contributed by atoms with E-state index in [9.17, 15) is 9.59 Å². The van der Waals surface area contributed by atoms with Gasteiger partial charge in [0, 0.05) is 17.4 Å². The number of amides is 1. The number of aromatic nitrogens is 1. The third-order valence-electron chi connectivity index (χ3n) is 3.89. The maximum Gasteiger partial charge on any atom is 0.419 e. The average molecular weight is 389 g/mol. The summed E-state index contributed by atoms with van der Waals surface area (Å²) in [5, 5.41) is 2.95. The lowest BCUT2D eigenvalue weighted by Gasteiger charge is -2.15. The van der Waals surface area contributed by atoms with Gasteiger partial charge < -0.3 is 9.73 Å². The highest BCUT2D eigenvalue weighted by molar-refractivity contribution is 9.10. The molecule has 1 atom stereocenters. The Bertz CT molecular complexity index is 929. The zero-order valence-electron chi connectivity index (χ0n) is 13.2. The number of benzene rings is 2. The second-order valence-electron chi connectivity index (χ2n) is 5.55. The quantitative estimate of drug-likeness (QED) is 0.725. The molecule has 0 fully saturated rings. The molecule has 0 unspecified atom stereocenters. The SMILES string of the molecule is C[C@@H](NC(=O)CCn1c(=O)oc2ccccc21)c1ccccc1Br. The molecule has 0 aliphatic carbocycles. The standard InChI is InChI=1S/C18H17BrN2O3/c1-12(13-6-2-3-7-14(13)19)20-17(22)10-11-21-15-8-4-5-9-16(15)24-18(21)23/h2-9,12H,10-11H2,1H3,(H,20,22)/t12-/m1/s1. The fraction of sp³-hybridized carbons (Fsp3) is 0.222. The van der Waals surface area contributed by atoms with Crippen LogP contribution < -0.4 is 11.1 Å². The largest absolute Gasteiger partial charge is 0.419 e. The Morgan fingerprint density at radius 1 is 1.21 bits per heavy atom. The van der Waals surface area contributed by atoms with Gasteiger partial charge in [0.05, 0.1) is 11.6 Å². The number of carbonyl (C=O) groups excluding carboxylic acids is 1. The summed E-state index contributed by atoms with van der Waals surface area (Å²) in [6, 6.07) is 14.8. The molecular weight excluding hydrogens is 372 g/mol. The van der Waals surface area contributed by atoms with Crippen LogP contribution in [0.1, 0.15) is 24.9 Å². The monoisotopic (exact) mass is 388 g/mol. The van der Waals surface area contributed by atoms with Gasteiger partial charge in [0.2, 0.25) is 5.91 Å². The Morgan fingerprint density at radius 2 is 1.92 bits per heavy atom. The average Bonchev–Trinajstić information content (AvgIpc) is 2.88. The first-order valence-electron chi connectivity index (χ1n) is 7.68. The molecule has 1 heterocycles. The molecule has 1 amide bonds. The molecule has 24 heavy (non-hydrogen) atoms. The molecule has 2 aromatic carbocycles. The van der Waals surface area contributed by atoms with Gasteiger partial charge in [0.25, 0.3) is 0 Å². The third-order valence-corrected chi connectivity index (χ3v) is 4.61. The number of hydrogen-bond acceptors (Lipinski definition) is 3. The summed E-state index contributed by atoms with van der Waals surface area (Å²) in [4.78, 5) is 24.1. The number of carbonyl (C=O) groups is 1. The zero-order chi connectivity index (χ0) is 17.1. The maximum atomic E-state index is 12.2. The molecule has 0 spiro atoms. The summed E-state index contributed by atoms with van der Waals surface area (Å²) in [6.07, 6.45) is 0.207. The molecule has 0 saturated carbocycles. The van der Waals surface area contributed by atoms with Crippen LogP contribution in [-0.2, 0) is 11.3 Å². The minimum Gasteiger partial charge on any atom is -0.408 e. The summed E-state index contributed by atoms with van der Waals surface area (Å²) in [7, 11) is 0. The number of fused-ring (bicyclic) bond motifs is 1. The van der Waals surface area contributed by atoms with Crippen LogP contribution in [0.4, 0.5) is 0 Å². The predicted octanol–water partition coefficient (Wildman–Crippen LogP) is 3.62. The lowest BCUT2D eigenvalue weighted by molar-refractivity contribution is -0.121. The summed E-state index contributed by atoms with van der Waals surface area (Å²) in [5.41, 5.74) is 2.25. The molecule has 0 saturated heterocycles. The van der Waals surface area contributed by atoms with Crippen molar-refractivity contribution in [3.05, 3.63) is 69.1 Å². The van der Waals surface area contributed by atoms with E-state index in [0.717, 1.165) is 10.0 Å². The minimum atomic E-state index is -0.442. The Kier molecular flexibility index (Phi) is 4.85. The van der Waals surface area contributed by atoms with Crippen molar-refractivity contribution in [3.8, 4) is 0 Å². The van der Waals surface area contributed by atoms with E-state index in [2.05, 4.69) is 21.2 Å². The van der Waals surface area contributed by atoms with E-state index < -0.39 is 5.76 Å². The van der Waals surface area contributed by atoms with E-state index in [1.165, 1.54) is 4.57 Å². The van der Waals surface area contributed by atoms with Crippen molar-refractivity contribution < 1.29 is 9.21 Å². The molecule has 5 nitrogen and oxygen atoms in total. The van der Waals surface area contributed by atoms with Crippen LogP contribution in [0.5, 0.6) is 0 Å². The lowest BCUT2D eigenvalue weighted by Crippen LogP contribution is -2.28. The minimum absolute atomic E-state index is 0.115. The third kappa shape index (κ3) is 3.43. The highest BCUT2D eigenvalue weighted by Crippen LogP contribution is 2.22. The predicted molar refractivity (Wildman–Crippen MR) is 95.8 cm³/mol. The molecule has 1 aromatic heterocycles. The van der Waals surface area contributed by atoms with Crippen LogP contribution >= 0.6 is 15.9 Å². The first-order chi connectivity index (χ1) is 11.6. The van der Waals surface area contributed by atoms with Crippen LogP contribution in [-0.4, -0.2) is 10.5 Å². The number of nitrogens with zero attached hydrogens (tertiary/aromatic N) is 1. The lowest BCUT2D eigenvalue weighted by atomic mass is 10.1. The van der Waals surface area contributed by atoms with Crippen molar-refractivity contribution in [1.29, 1.82) is 0 Å². The van der Waals surface area contributed by atoms with Gasteiger partial charge in [0.15, 0.2) is 5.58 Å². The van der Waals surface area contributed by atoms with Crippen LogP contribution in [0, 0.1) is 0 Å². The molecule has 0 aliphatic heterocycles. The number of aryl methyl sites for hydroxylation is 1. The Balaban J connectivity index is 1.66. The zero-order valence-corrected chi connectivity index (χ0v) is 14.7. The number of hydrogen-bond donors (Lipinski definition) is 1. The van der Waals surface area contributed by atoms with Crippen molar-refractivity contribution in [3.63, 3.8) is 0 Å². The molecule has 3 aromatic rings. The van der Waals surface area contributed by atoms with E-state index in [4.69, 9.17) is 4.42 Å². The second kappa shape index (κ2) is 7.05. The second-order valence-corrected chi connectivity index (χ2v) is 6.40. The normalized spacial score (nSPS) is 12.2. The van der Waals surface area contributed by atoms with E-state index in [0.29, 0.717) is 11.1 Å². The summed E-state index contributed by atoms with van der Waals surface area (Å²) < 4.78 is 7.60. The van der Waals surface area contributed by atoms with Gasteiger partial charge in [-0.2, -0.15) is 0 Å². The maximum absolute atomic E-state index is 12.2. The molecule has 0 aliphatic rings. The fourth-order valence-corrected chi connectivity index (χ4v) is 3.28. The molecule has 0 radical (unpaired) electrons. The molecular formula is C18H17BrN2O3. The first kappa shape index (κ1) is 16.5. The van der Waals surface area contributed by atoms with Crippen LogP contribution in [0.2, 0.25) is 0 Å². The van der Waals surface area contributed by atoms with Crippen molar-refractivity contribution in [2.24, 2.45) is 0 Å². The Morgan fingerprint density at radius 3 is 2.71 bits per heavy atom. The topological polar surface area (TPSA) is 64.2 Å².